The molecule has 0 spiro atoms. The van der Waals surface area contributed by atoms with E-state index in [-0.39, 0.29) is 53.6 Å². The summed E-state index contributed by atoms with van der Waals surface area (Å²) in [6, 6.07) is 2.45. The van der Waals surface area contributed by atoms with E-state index in [1.165, 1.54) is 22.0 Å². The molecule has 4 N–H and O–H groups in total. The Kier molecular flexibility index (Phi) is 11.9. The Morgan fingerprint density at radius 1 is 1.30 bits per heavy atom. The number of hydrogen-bond acceptors (Lipinski definition) is 14. The quantitative estimate of drug-likeness (QED) is 0.0665. The lowest BCUT2D eigenvalue weighted by atomic mass is 10.0. The van der Waals surface area contributed by atoms with Crippen LogP contribution in [0.3, 0.4) is 0 Å². The van der Waals surface area contributed by atoms with Gasteiger partial charge in [-0.3, -0.25) is 19.5 Å². The van der Waals surface area contributed by atoms with Crippen molar-refractivity contribution in [2.45, 2.75) is 38.6 Å². The molecule has 0 aromatic carbocycles. The van der Waals surface area contributed by atoms with Crippen LogP contribution >= 0.6 is 23.1 Å². The predicted octanol–water partition coefficient (Wildman–Crippen LogP) is 2.67. The molecule has 0 saturated carbocycles. The second-order valence-corrected chi connectivity index (χ2v) is 12.4. The Bertz CT molecular complexity index is 1570. The maximum absolute atomic E-state index is 13.6. The summed E-state index contributed by atoms with van der Waals surface area (Å²) in [6.07, 6.45) is 8.67. The van der Waals surface area contributed by atoms with Crippen molar-refractivity contribution in [3.8, 4) is 5.75 Å². The largest absolute Gasteiger partial charge is 0.488 e. The topological polar surface area (TPSA) is 196 Å². The maximum Gasteiger partial charge on any atom is 0.355 e. The van der Waals surface area contributed by atoms with Gasteiger partial charge in [-0.1, -0.05) is 38.1 Å². The number of pyridine rings is 1. The number of ether oxygens (including phenoxy) is 3. The molecule has 244 valence electrons. The van der Waals surface area contributed by atoms with Crippen molar-refractivity contribution in [3.05, 3.63) is 70.7 Å². The summed E-state index contributed by atoms with van der Waals surface area (Å²) < 4.78 is 16.5. The average molecular weight is 671 g/mol. The summed E-state index contributed by atoms with van der Waals surface area (Å²) in [5.74, 6) is -1.87. The number of carbonyl (C=O) groups is 4. The molecule has 2 aliphatic heterocycles. The molecule has 2 amide bonds. The molecule has 2 aliphatic rings. The maximum atomic E-state index is 13.6. The highest BCUT2D eigenvalue weighted by Gasteiger charge is 2.54. The molecular weight excluding hydrogens is 636 g/mol. The number of thioether (sulfide) groups is 1. The molecule has 14 nitrogen and oxygen atoms in total. The third kappa shape index (κ3) is 8.31. The van der Waals surface area contributed by atoms with Gasteiger partial charge in [-0.2, -0.15) is 0 Å². The number of aromatic nitrogens is 2. The van der Waals surface area contributed by atoms with Crippen molar-refractivity contribution < 1.29 is 38.6 Å². The van der Waals surface area contributed by atoms with Gasteiger partial charge in [0.1, 0.15) is 41.8 Å². The van der Waals surface area contributed by atoms with Gasteiger partial charge in [0.2, 0.25) is 0 Å². The third-order valence-electron chi connectivity index (χ3n) is 6.48. The number of hydrogen-bond donors (Lipinski definition) is 3. The molecular formula is C30H34N6O8S2. The van der Waals surface area contributed by atoms with E-state index in [4.69, 9.17) is 19.9 Å². The van der Waals surface area contributed by atoms with Gasteiger partial charge in [-0.25, -0.2) is 14.6 Å². The van der Waals surface area contributed by atoms with Gasteiger partial charge in [-0.15, -0.1) is 23.1 Å². The SMILES string of the molecule is CC/C=C(\COC(=O)C1=C(/C=C\COc2cccnc2)CS[C@@H]2[C@H](NC(=O)C(=NO)c3csc(N)n3)C(=O)N12)C(=O)OCC(C)C. The molecule has 0 bridgehead atoms. The van der Waals surface area contributed by atoms with Gasteiger partial charge in [0.25, 0.3) is 11.8 Å². The zero-order chi connectivity index (χ0) is 33.2. The van der Waals surface area contributed by atoms with Crippen LogP contribution in [0.25, 0.3) is 0 Å². The summed E-state index contributed by atoms with van der Waals surface area (Å²) in [5.41, 5.74) is 5.92. The van der Waals surface area contributed by atoms with Gasteiger partial charge in [0.15, 0.2) is 10.8 Å². The molecule has 2 atom stereocenters. The van der Waals surface area contributed by atoms with Crippen molar-refractivity contribution >= 4 is 57.7 Å². The Morgan fingerprint density at radius 3 is 2.76 bits per heavy atom. The minimum absolute atomic E-state index is 0.0217. The fraction of sp³-hybridized carbons (Fsp3) is 0.367. The highest BCUT2D eigenvalue weighted by atomic mass is 32.2. The lowest BCUT2D eigenvalue weighted by Crippen LogP contribution is -2.71. The molecule has 0 aliphatic carbocycles. The fourth-order valence-electron chi connectivity index (χ4n) is 4.34. The van der Waals surface area contributed by atoms with E-state index in [0.717, 1.165) is 11.3 Å². The zero-order valence-corrected chi connectivity index (χ0v) is 27.0. The second-order valence-electron chi connectivity index (χ2n) is 10.4. The highest BCUT2D eigenvalue weighted by molar-refractivity contribution is 8.00. The number of allylic oxidation sites excluding steroid dienone is 2. The molecule has 0 radical (unpaired) electrons. The predicted molar refractivity (Wildman–Crippen MR) is 171 cm³/mol. The molecule has 1 saturated heterocycles. The fourth-order valence-corrected chi connectivity index (χ4v) is 6.21. The van der Waals surface area contributed by atoms with Crippen LogP contribution in [0.2, 0.25) is 0 Å². The number of nitrogens with two attached hydrogens (primary N) is 1. The zero-order valence-electron chi connectivity index (χ0n) is 25.4. The number of nitrogens with one attached hydrogen (secondary N) is 1. The summed E-state index contributed by atoms with van der Waals surface area (Å²) in [5, 5.41) is 16.0. The molecule has 2 aromatic rings. The number of oxime groups is 1. The Labute approximate surface area is 273 Å². The van der Waals surface area contributed by atoms with Crippen LogP contribution in [-0.4, -0.2) is 86.5 Å². The van der Waals surface area contributed by atoms with Crippen molar-refractivity contribution in [1.29, 1.82) is 0 Å². The van der Waals surface area contributed by atoms with Gasteiger partial charge in [0.05, 0.1) is 18.4 Å². The number of esters is 2. The number of rotatable bonds is 14. The first-order valence-corrected chi connectivity index (χ1v) is 16.2. The summed E-state index contributed by atoms with van der Waals surface area (Å²) >= 11 is 2.37. The van der Waals surface area contributed by atoms with Crippen LogP contribution < -0.4 is 15.8 Å². The van der Waals surface area contributed by atoms with Crippen LogP contribution in [0.1, 0.15) is 32.9 Å². The number of fused-ring (bicyclic) bond motifs is 1. The monoisotopic (exact) mass is 670 g/mol. The van der Waals surface area contributed by atoms with E-state index in [0.29, 0.717) is 17.7 Å². The molecule has 0 unspecified atom stereocenters. The van der Waals surface area contributed by atoms with Gasteiger partial charge >= 0.3 is 11.9 Å². The van der Waals surface area contributed by atoms with Crippen molar-refractivity contribution in [2.24, 2.45) is 11.1 Å². The van der Waals surface area contributed by atoms with Crippen molar-refractivity contribution in [3.63, 3.8) is 0 Å². The van der Waals surface area contributed by atoms with Crippen LogP contribution in [0, 0.1) is 5.92 Å². The number of anilines is 1. The first-order chi connectivity index (χ1) is 22.1. The van der Waals surface area contributed by atoms with E-state index >= 15 is 0 Å². The molecule has 16 heteroatoms. The molecule has 1 fully saturated rings. The van der Waals surface area contributed by atoms with E-state index in [1.807, 2.05) is 20.8 Å². The third-order valence-corrected chi connectivity index (χ3v) is 8.45. The number of amides is 2. The first kappa shape index (κ1) is 34.2. The number of nitrogen functional groups attached to an aromatic ring is 1. The average Bonchev–Trinajstić information content (AvgIpc) is 3.48. The van der Waals surface area contributed by atoms with Crippen LogP contribution in [0.15, 0.2) is 70.1 Å². The van der Waals surface area contributed by atoms with E-state index in [2.05, 4.69) is 20.4 Å². The van der Waals surface area contributed by atoms with Gasteiger partial charge < -0.3 is 30.5 Å². The lowest BCUT2D eigenvalue weighted by molar-refractivity contribution is -0.152. The number of carbonyl (C=O) groups excluding carboxylic acids is 4. The Morgan fingerprint density at radius 2 is 2.11 bits per heavy atom. The van der Waals surface area contributed by atoms with E-state index < -0.39 is 40.9 Å². The second kappa shape index (κ2) is 16.0. The Balaban J connectivity index is 1.52. The minimum atomic E-state index is -1.03. The lowest BCUT2D eigenvalue weighted by Gasteiger charge is -2.49. The van der Waals surface area contributed by atoms with E-state index in [1.54, 1.807) is 42.8 Å². The van der Waals surface area contributed by atoms with Crippen molar-refractivity contribution in [1.82, 2.24) is 20.2 Å². The smallest absolute Gasteiger partial charge is 0.355 e. The van der Waals surface area contributed by atoms with Gasteiger partial charge in [0, 0.05) is 17.3 Å². The summed E-state index contributed by atoms with van der Waals surface area (Å²) in [7, 11) is 0. The molecule has 46 heavy (non-hydrogen) atoms. The first-order valence-electron chi connectivity index (χ1n) is 14.3. The number of nitrogens with zero attached hydrogens (tertiary/aromatic N) is 4. The normalized spacial score (nSPS) is 18.3. The molecule has 2 aromatic heterocycles. The van der Waals surface area contributed by atoms with Crippen LogP contribution in [-0.2, 0) is 28.7 Å². The standard InChI is InChI=1S/C30H34N6O8S2/c1-4-7-18(28(39)43-13-17(2)3)14-44-29(40)24-19(8-6-11-42-20-9-5-10-32-12-20)15-45-27-23(26(38)36(24)27)34-25(37)22(35-41)21-16-46-30(31)33-21/h5-10,12,16-17,23,27,41H,4,11,13-15H2,1-3H3,(H2,31,33)(H,34,37)/b8-6-,18-7+,35-22?/t23-,27-/m1/s1. The van der Waals surface area contributed by atoms with Gasteiger partial charge in [-0.05, 0) is 36.1 Å². The van der Waals surface area contributed by atoms with E-state index in [9.17, 15) is 24.4 Å². The summed E-state index contributed by atoms with van der Waals surface area (Å²) in [4.78, 5) is 61.8. The van der Waals surface area contributed by atoms with Crippen LogP contribution in [0.4, 0.5) is 5.13 Å². The van der Waals surface area contributed by atoms with Crippen LogP contribution in [0.5, 0.6) is 5.75 Å². The number of thiazole rings is 1. The molecule has 4 rings (SSSR count). The molecule has 4 heterocycles. The van der Waals surface area contributed by atoms with Crippen molar-refractivity contribution in [2.75, 3.05) is 31.3 Å². The highest BCUT2D eigenvalue weighted by Crippen LogP contribution is 2.41. The number of β-lactam (4-membered cyclic amide) rings is 1. The Hall–Kier alpha value is -4.70. The summed E-state index contributed by atoms with van der Waals surface area (Å²) in [6.45, 7) is 5.66. The minimum Gasteiger partial charge on any atom is -0.488 e.